The lowest BCUT2D eigenvalue weighted by Gasteiger charge is -2.21. The highest BCUT2D eigenvalue weighted by Gasteiger charge is 2.30. The zero-order chi connectivity index (χ0) is 19.6. The van der Waals surface area contributed by atoms with E-state index in [4.69, 9.17) is 14.2 Å². The SMILES string of the molecule is COC(=O)CC(c1ccc(OC)c(OC)c1)n1c(O)c2c(c1O)CC=CC2. The van der Waals surface area contributed by atoms with Crippen molar-refractivity contribution in [3.05, 3.63) is 47.0 Å². The van der Waals surface area contributed by atoms with Gasteiger partial charge in [-0.3, -0.25) is 9.36 Å². The Morgan fingerprint density at radius 1 is 1.04 bits per heavy atom. The molecule has 2 aromatic rings. The summed E-state index contributed by atoms with van der Waals surface area (Å²) < 4.78 is 16.8. The van der Waals surface area contributed by atoms with E-state index < -0.39 is 12.0 Å². The quantitative estimate of drug-likeness (QED) is 0.598. The van der Waals surface area contributed by atoms with Gasteiger partial charge in [0.2, 0.25) is 0 Å². The highest BCUT2D eigenvalue weighted by molar-refractivity contribution is 5.71. The van der Waals surface area contributed by atoms with Gasteiger partial charge in [0, 0.05) is 11.1 Å². The number of methoxy groups -OCH3 is 3. The summed E-state index contributed by atoms with van der Waals surface area (Å²) in [5.74, 6) is 0.481. The fourth-order valence-corrected chi connectivity index (χ4v) is 3.45. The molecule has 27 heavy (non-hydrogen) atoms. The van der Waals surface area contributed by atoms with Crippen LogP contribution in [0, 0.1) is 0 Å². The third-order valence-electron chi connectivity index (χ3n) is 4.86. The van der Waals surface area contributed by atoms with E-state index in [0.717, 1.165) is 0 Å². The summed E-state index contributed by atoms with van der Waals surface area (Å²) in [6.07, 6.45) is 4.88. The minimum Gasteiger partial charge on any atom is -0.494 e. The largest absolute Gasteiger partial charge is 0.494 e. The average molecular weight is 373 g/mol. The number of fused-ring (bicyclic) bond motifs is 1. The zero-order valence-corrected chi connectivity index (χ0v) is 15.6. The van der Waals surface area contributed by atoms with Crippen LogP contribution in [0.4, 0.5) is 0 Å². The average Bonchev–Trinajstić information content (AvgIpc) is 2.96. The van der Waals surface area contributed by atoms with Crippen molar-refractivity contribution in [3.63, 3.8) is 0 Å². The van der Waals surface area contributed by atoms with Gasteiger partial charge in [0.15, 0.2) is 23.3 Å². The number of aromatic hydroxyl groups is 2. The van der Waals surface area contributed by atoms with Crippen LogP contribution in [-0.4, -0.2) is 42.1 Å². The summed E-state index contributed by atoms with van der Waals surface area (Å²) in [4.78, 5) is 12.0. The van der Waals surface area contributed by atoms with Crippen LogP contribution in [-0.2, 0) is 22.4 Å². The van der Waals surface area contributed by atoms with Crippen LogP contribution in [0.5, 0.6) is 23.3 Å². The standard InChI is InChI=1S/C20H23NO6/c1-25-16-9-8-12(10-17(16)26-2)15(11-18(22)27-3)21-19(23)13-6-4-5-7-14(13)20(21)24/h4-5,8-10,15,23-24H,6-7,11H2,1-3H3. The normalized spacial score (nSPS) is 13.7. The zero-order valence-electron chi connectivity index (χ0n) is 15.6. The first-order valence-corrected chi connectivity index (χ1v) is 8.59. The third-order valence-corrected chi connectivity index (χ3v) is 4.86. The number of carbonyl (C=O) groups excluding carboxylic acids is 1. The summed E-state index contributed by atoms with van der Waals surface area (Å²) in [7, 11) is 4.36. The van der Waals surface area contributed by atoms with Crippen molar-refractivity contribution in [2.45, 2.75) is 25.3 Å². The minimum atomic E-state index is -0.664. The Bertz CT molecular complexity index is 852. The maximum Gasteiger partial charge on any atom is 0.307 e. The van der Waals surface area contributed by atoms with Crippen molar-refractivity contribution in [1.29, 1.82) is 0 Å². The van der Waals surface area contributed by atoms with Gasteiger partial charge in [0.1, 0.15) is 0 Å². The summed E-state index contributed by atoms with van der Waals surface area (Å²) in [6, 6.07) is 4.55. The number of esters is 1. The maximum absolute atomic E-state index is 12.0. The van der Waals surface area contributed by atoms with E-state index >= 15 is 0 Å². The van der Waals surface area contributed by atoms with Crippen molar-refractivity contribution < 1.29 is 29.2 Å². The van der Waals surface area contributed by atoms with Crippen LogP contribution in [0.15, 0.2) is 30.4 Å². The lowest BCUT2D eigenvalue weighted by molar-refractivity contribution is -0.141. The number of hydrogen-bond donors (Lipinski definition) is 2. The maximum atomic E-state index is 12.0. The summed E-state index contributed by atoms with van der Waals surface area (Å²) >= 11 is 0. The molecule has 0 fully saturated rings. The number of nitrogens with zero attached hydrogens (tertiary/aromatic N) is 1. The predicted molar refractivity (Wildman–Crippen MR) is 98.6 cm³/mol. The van der Waals surface area contributed by atoms with E-state index in [-0.39, 0.29) is 18.2 Å². The molecular formula is C20H23NO6. The Hall–Kier alpha value is -3.09. The molecule has 0 aliphatic heterocycles. The van der Waals surface area contributed by atoms with Gasteiger partial charge in [-0.2, -0.15) is 0 Å². The molecule has 0 bridgehead atoms. The van der Waals surface area contributed by atoms with Crippen LogP contribution in [0.25, 0.3) is 0 Å². The first kappa shape index (κ1) is 18.7. The molecule has 1 aromatic heterocycles. The fraction of sp³-hybridized carbons (Fsp3) is 0.350. The molecule has 0 spiro atoms. The van der Waals surface area contributed by atoms with E-state index in [1.807, 2.05) is 12.2 Å². The molecular weight excluding hydrogens is 350 g/mol. The molecule has 0 saturated heterocycles. The van der Waals surface area contributed by atoms with Crippen LogP contribution in [0.3, 0.4) is 0 Å². The smallest absolute Gasteiger partial charge is 0.307 e. The molecule has 0 amide bonds. The molecule has 1 unspecified atom stereocenters. The van der Waals surface area contributed by atoms with Gasteiger partial charge in [-0.15, -0.1) is 0 Å². The Kier molecular flexibility index (Phi) is 5.30. The number of benzene rings is 1. The molecule has 1 aliphatic rings. The summed E-state index contributed by atoms with van der Waals surface area (Å²) in [5.41, 5.74) is 2.01. The van der Waals surface area contributed by atoms with E-state index in [2.05, 4.69) is 0 Å². The van der Waals surface area contributed by atoms with Gasteiger partial charge in [0.05, 0.1) is 33.8 Å². The number of ether oxygens (including phenoxy) is 3. The van der Waals surface area contributed by atoms with Crippen molar-refractivity contribution >= 4 is 5.97 Å². The van der Waals surface area contributed by atoms with Crippen molar-refractivity contribution in [2.24, 2.45) is 0 Å². The van der Waals surface area contributed by atoms with E-state index in [1.165, 1.54) is 25.9 Å². The number of hydrogen-bond acceptors (Lipinski definition) is 6. The molecule has 7 nitrogen and oxygen atoms in total. The summed E-state index contributed by atoms with van der Waals surface area (Å²) in [6.45, 7) is 0. The van der Waals surface area contributed by atoms with Crippen molar-refractivity contribution in [1.82, 2.24) is 4.57 Å². The highest BCUT2D eigenvalue weighted by atomic mass is 16.5. The topological polar surface area (TPSA) is 90.2 Å². The first-order chi connectivity index (χ1) is 13.0. The Morgan fingerprint density at radius 2 is 1.63 bits per heavy atom. The number of rotatable bonds is 6. The molecule has 144 valence electrons. The van der Waals surface area contributed by atoms with E-state index in [9.17, 15) is 15.0 Å². The van der Waals surface area contributed by atoms with Crippen LogP contribution in [0.2, 0.25) is 0 Å². The Labute approximate surface area is 157 Å². The third kappa shape index (κ3) is 3.32. The fourth-order valence-electron chi connectivity index (χ4n) is 3.45. The molecule has 3 rings (SSSR count). The second-order valence-electron chi connectivity index (χ2n) is 6.26. The number of allylic oxidation sites excluding steroid dienone is 2. The van der Waals surface area contributed by atoms with Gasteiger partial charge in [-0.1, -0.05) is 18.2 Å². The highest BCUT2D eigenvalue weighted by Crippen LogP contribution is 2.43. The van der Waals surface area contributed by atoms with Crippen LogP contribution >= 0.6 is 0 Å². The Balaban J connectivity index is 2.13. The molecule has 1 aliphatic carbocycles. The van der Waals surface area contributed by atoms with Gasteiger partial charge < -0.3 is 24.4 Å². The van der Waals surface area contributed by atoms with E-state index in [0.29, 0.717) is 41.0 Å². The number of carbonyl (C=O) groups is 1. The molecule has 2 N–H and O–H groups in total. The van der Waals surface area contributed by atoms with Crippen molar-refractivity contribution in [2.75, 3.05) is 21.3 Å². The predicted octanol–water partition coefficient (Wildman–Crippen LogP) is 2.72. The Morgan fingerprint density at radius 3 is 2.15 bits per heavy atom. The minimum absolute atomic E-state index is 0.0458. The van der Waals surface area contributed by atoms with E-state index in [1.54, 1.807) is 18.2 Å². The van der Waals surface area contributed by atoms with Crippen molar-refractivity contribution in [3.8, 4) is 23.3 Å². The van der Waals surface area contributed by atoms with Gasteiger partial charge >= 0.3 is 5.97 Å². The molecule has 1 atom stereocenters. The van der Waals surface area contributed by atoms with Crippen LogP contribution in [0.1, 0.15) is 29.2 Å². The first-order valence-electron chi connectivity index (χ1n) is 8.59. The monoisotopic (exact) mass is 373 g/mol. The second kappa shape index (κ2) is 7.65. The second-order valence-corrected chi connectivity index (χ2v) is 6.26. The number of aromatic nitrogens is 1. The van der Waals surface area contributed by atoms with Gasteiger partial charge in [0.25, 0.3) is 0 Å². The van der Waals surface area contributed by atoms with Gasteiger partial charge in [-0.05, 0) is 30.5 Å². The lowest BCUT2D eigenvalue weighted by atomic mass is 10.0. The van der Waals surface area contributed by atoms with Crippen LogP contribution < -0.4 is 9.47 Å². The molecule has 0 radical (unpaired) electrons. The van der Waals surface area contributed by atoms with Gasteiger partial charge in [-0.25, -0.2) is 0 Å². The molecule has 1 aromatic carbocycles. The summed E-state index contributed by atoms with van der Waals surface area (Å²) in [5, 5.41) is 21.5. The lowest BCUT2D eigenvalue weighted by Crippen LogP contribution is -2.16. The molecule has 1 heterocycles. The molecule has 0 saturated carbocycles. The molecule has 7 heteroatoms.